The average Bonchev–Trinajstić information content (AvgIpc) is 2.82. The summed E-state index contributed by atoms with van der Waals surface area (Å²) in [5, 5.41) is 9.21. The summed E-state index contributed by atoms with van der Waals surface area (Å²) < 4.78 is 6.31. The third-order valence-electron chi connectivity index (χ3n) is 4.16. The van der Waals surface area contributed by atoms with E-state index in [0.29, 0.717) is 17.0 Å². The number of para-hydroxylation sites is 1. The summed E-state index contributed by atoms with van der Waals surface area (Å²) in [7, 11) is 0. The van der Waals surface area contributed by atoms with Gasteiger partial charge in [-0.3, -0.25) is 14.4 Å². The minimum Gasteiger partial charge on any atom is -0.483 e. The predicted molar refractivity (Wildman–Crippen MR) is 136 cm³/mol. The average molecular weight is 564 g/mol. The van der Waals surface area contributed by atoms with Crippen LogP contribution in [0.25, 0.3) is 0 Å². The molecule has 0 atom stereocenters. The number of hydrogen-bond acceptors (Lipinski definition) is 5. The number of amides is 3. The van der Waals surface area contributed by atoms with Crippen molar-refractivity contribution in [2.75, 3.05) is 17.2 Å². The number of carbonyl (C=O) groups is 3. The van der Waals surface area contributed by atoms with Gasteiger partial charge < -0.3 is 15.4 Å². The maximum Gasteiger partial charge on any atom is 0.329 e. The summed E-state index contributed by atoms with van der Waals surface area (Å²) in [6.45, 7) is -0.244. The summed E-state index contributed by atoms with van der Waals surface area (Å²) in [5.74, 6) is -2.00. The second-order valence-corrected chi connectivity index (χ2v) is 8.34. The third kappa shape index (κ3) is 7.31. The van der Waals surface area contributed by atoms with Gasteiger partial charge in [-0.2, -0.15) is 5.10 Å². The van der Waals surface area contributed by atoms with E-state index in [1.165, 1.54) is 12.3 Å². The number of benzene rings is 3. The molecule has 11 heteroatoms. The van der Waals surface area contributed by atoms with Crippen LogP contribution in [0.3, 0.4) is 0 Å². The maximum atomic E-state index is 12.1. The first kappa shape index (κ1) is 25.2. The number of hydrogen-bond donors (Lipinski definition) is 3. The number of nitrogens with one attached hydrogen (secondary N) is 3. The smallest absolute Gasteiger partial charge is 0.329 e. The fourth-order valence-corrected chi connectivity index (χ4v) is 3.33. The molecule has 0 aliphatic rings. The lowest BCUT2D eigenvalue weighted by Crippen LogP contribution is -2.32. The molecule has 0 radical (unpaired) electrons. The van der Waals surface area contributed by atoms with Gasteiger partial charge in [0.2, 0.25) is 0 Å². The van der Waals surface area contributed by atoms with Gasteiger partial charge in [-0.15, -0.1) is 0 Å². The lowest BCUT2D eigenvalue weighted by atomic mass is 10.2. The minimum atomic E-state index is -1.02. The molecule has 8 nitrogen and oxygen atoms in total. The minimum absolute atomic E-state index is 0.112. The van der Waals surface area contributed by atoms with Crippen molar-refractivity contribution in [1.82, 2.24) is 5.43 Å². The second kappa shape index (κ2) is 12.2. The molecule has 3 N–H and O–H groups in total. The monoisotopic (exact) mass is 562 g/mol. The van der Waals surface area contributed by atoms with Crippen LogP contribution in [0.4, 0.5) is 11.4 Å². The van der Waals surface area contributed by atoms with Gasteiger partial charge >= 0.3 is 11.8 Å². The molecule has 0 bridgehead atoms. The first-order valence-electron chi connectivity index (χ1n) is 9.69. The van der Waals surface area contributed by atoms with E-state index in [0.717, 1.165) is 4.47 Å². The van der Waals surface area contributed by atoms with Crippen molar-refractivity contribution < 1.29 is 19.1 Å². The van der Waals surface area contributed by atoms with Crippen LogP contribution in [0, 0.1) is 0 Å². The Morgan fingerprint density at radius 2 is 1.71 bits per heavy atom. The highest BCUT2D eigenvalue weighted by Crippen LogP contribution is 2.29. The van der Waals surface area contributed by atoms with E-state index >= 15 is 0 Å². The lowest BCUT2D eigenvalue weighted by molar-refractivity contribution is -0.136. The normalized spacial score (nSPS) is 10.6. The van der Waals surface area contributed by atoms with Crippen molar-refractivity contribution in [3.63, 3.8) is 0 Å². The van der Waals surface area contributed by atoms with Crippen molar-refractivity contribution in [3.8, 4) is 5.75 Å². The Balaban J connectivity index is 1.59. The van der Waals surface area contributed by atoms with E-state index in [2.05, 4.69) is 37.1 Å². The van der Waals surface area contributed by atoms with Gasteiger partial charge in [0.1, 0.15) is 5.75 Å². The fourth-order valence-electron chi connectivity index (χ4n) is 2.60. The van der Waals surface area contributed by atoms with Gasteiger partial charge in [0.25, 0.3) is 5.91 Å². The topological polar surface area (TPSA) is 109 Å². The largest absolute Gasteiger partial charge is 0.483 e. The van der Waals surface area contributed by atoms with Crippen molar-refractivity contribution >= 4 is 74.4 Å². The summed E-state index contributed by atoms with van der Waals surface area (Å²) in [4.78, 5) is 36.3. The molecular weight excluding hydrogens is 547 g/mol. The predicted octanol–water partition coefficient (Wildman–Crippen LogP) is 4.86. The zero-order valence-corrected chi connectivity index (χ0v) is 20.4. The molecule has 3 aromatic rings. The van der Waals surface area contributed by atoms with Crippen LogP contribution in [0.2, 0.25) is 10.0 Å². The number of rotatable bonds is 7. The summed E-state index contributed by atoms with van der Waals surface area (Å²) in [6, 6.07) is 18.6. The molecule has 34 heavy (non-hydrogen) atoms. The van der Waals surface area contributed by atoms with E-state index in [1.54, 1.807) is 54.6 Å². The van der Waals surface area contributed by atoms with E-state index < -0.39 is 11.8 Å². The van der Waals surface area contributed by atoms with Crippen LogP contribution >= 0.6 is 39.1 Å². The van der Waals surface area contributed by atoms with Crippen molar-refractivity contribution in [2.24, 2.45) is 5.10 Å². The Morgan fingerprint density at radius 3 is 2.47 bits per heavy atom. The van der Waals surface area contributed by atoms with E-state index in [-0.39, 0.29) is 28.2 Å². The SMILES string of the molecule is O=C(COc1ccc(Br)cc1/C=N\NC(=O)C(=O)Nc1cccc(Cl)c1Cl)Nc1ccccc1. The molecule has 3 aromatic carbocycles. The zero-order valence-electron chi connectivity index (χ0n) is 17.3. The molecule has 3 amide bonds. The van der Waals surface area contributed by atoms with Crippen molar-refractivity contribution in [3.05, 3.63) is 86.8 Å². The Kier molecular flexibility index (Phi) is 9.03. The molecule has 0 aromatic heterocycles. The standard InChI is InChI=1S/C23H17BrCl2N4O4/c24-15-9-10-19(34-13-20(31)28-16-5-2-1-3-6-16)14(11-15)12-27-30-23(33)22(32)29-18-8-4-7-17(25)21(18)26/h1-12H,13H2,(H,28,31)(H,29,32)(H,30,33)/b27-12-. The highest BCUT2D eigenvalue weighted by Gasteiger charge is 2.15. The Labute approximate surface area is 213 Å². The molecule has 0 spiro atoms. The van der Waals surface area contributed by atoms with Crippen molar-refractivity contribution in [1.29, 1.82) is 0 Å². The molecule has 0 fully saturated rings. The quantitative estimate of drug-likeness (QED) is 0.216. The number of hydrazone groups is 1. The first-order chi connectivity index (χ1) is 16.3. The maximum absolute atomic E-state index is 12.1. The summed E-state index contributed by atoms with van der Waals surface area (Å²) in [5.41, 5.74) is 3.42. The van der Waals surface area contributed by atoms with Crippen LogP contribution < -0.4 is 20.8 Å². The van der Waals surface area contributed by atoms with Gasteiger partial charge in [-0.05, 0) is 42.5 Å². The Bertz CT molecular complexity index is 1240. The van der Waals surface area contributed by atoms with E-state index in [1.807, 2.05) is 6.07 Å². The molecule has 0 unspecified atom stereocenters. The summed E-state index contributed by atoms with van der Waals surface area (Å²) in [6.07, 6.45) is 1.28. The molecule has 0 aliphatic carbocycles. The van der Waals surface area contributed by atoms with Crippen LogP contribution in [-0.4, -0.2) is 30.5 Å². The Hall–Kier alpha value is -3.40. The van der Waals surface area contributed by atoms with E-state index in [9.17, 15) is 14.4 Å². The Morgan fingerprint density at radius 1 is 0.941 bits per heavy atom. The summed E-state index contributed by atoms with van der Waals surface area (Å²) >= 11 is 15.2. The van der Waals surface area contributed by atoms with Gasteiger partial charge in [-0.1, -0.05) is 63.4 Å². The van der Waals surface area contributed by atoms with Crippen LogP contribution in [0.15, 0.2) is 76.3 Å². The number of ether oxygens (including phenoxy) is 1. The highest BCUT2D eigenvalue weighted by molar-refractivity contribution is 9.10. The fraction of sp³-hybridized carbons (Fsp3) is 0.0435. The van der Waals surface area contributed by atoms with Crippen molar-refractivity contribution in [2.45, 2.75) is 0 Å². The molecule has 174 valence electrons. The molecule has 0 aliphatic heterocycles. The number of nitrogens with zero attached hydrogens (tertiary/aromatic N) is 1. The number of anilines is 2. The number of halogens is 3. The molecule has 0 saturated carbocycles. The second-order valence-electron chi connectivity index (χ2n) is 6.64. The molecule has 0 saturated heterocycles. The molecule has 3 rings (SSSR count). The zero-order chi connectivity index (χ0) is 24.5. The van der Waals surface area contributed by atoms with Crippen LogP contribution in [0.1, 0.15) is 5.56 Å². The van der Waals surface area contributed by atoms with Crippen LogP contribution in [0.5, 0.6) is 5.75 Å². The van der Waals surface area contributed by atoms with Gasteiger partial charge in [0, 0.05) is 15.7 Å². The molecule has 0 heterocycles. The van der Waals surface area contributed by atoms with Crippen LogP contribution in [-0.2, 0) is 14.4 Å². The number of carbonyl (C=O) groups excluding carboxylic acids is 3. The van der Waals surface area contributed by atoms with E-state index in [4.69, 9.17) is 27.9 Å². The van der Waals surface area contributed by atoms with Gasteiger partial charge in [-0.25, -0.2) is 5.43 Å². The third-order valence-corrected chi connectivity index (χ3v) is 5.48. The lowest BCUT2D eigenvalue weighted by Gasteiger charge is -2.10. The highest BCUT2D eigenvalue weighted by atomic mass is 79.9. The molecular formula is C23H17BrCl2N4O4. The van der Waals surface area contributed by atoms with Gasteiger partial charge in [0.15, 0.2) is 6.61 Å². The first-order valence-corrected chi connectivity index (χ1v) is 11.2. The van der Waals surface area contributed by atoms with Gasteiger partial charge in [0.05, 0.1) is 21.9 Å².